The second-order valence-electron chi connectivity index (χ2n) is 3.82. The van der Waals surface area contributed by atoms with Crippen LogP contribution in [0.2, 0.25) is 5.02 Å². The molecule has 0 spiro atoms. The van der Waals surface area contributed by atoms with Crippen LogP contribution >= 0.6 is 27.5 Å². The highest BCUT2D eigenvalue weighted by atomic mass is 79.9. The molecule has 7 heteroatoms. The number of nitrogens with zero attached hydrogens (tertiary/aromatic N) is 1. The minimum Gasteiger partial charge on any atom is -0.457 e. The SMILES string of the molecule is O=[N+]([O-])c1ccc(Oc2cccc(Cl)c2CBr)cc1F. The Kier molecular flexibility index (Phi) is 4.57. The van der Waals surface area contributed by atoms with Crippen LogP contribution in [0.15, 0.2) is 36.4 Å². The van der Waals surface area contributed by atoms with Gasteiger partial charge in [0.25, 0.3) is 0 Å². The molecule has 0 saturated carbocycles. The van der Waals surface area contributed by atoms with E-state index in [1.54, 1.807) is 18.2 Å². The van der Waals surface area contributed by atoms with Gasteiger partial charge in [-0.3, -0.25) is 10.1 Å². The number of nitro benzene ring substituents is 1. The molecule has 0 fully saturated rings. The summed E-state index contributed by atoms with van der Waals surface area (Å²) in [7, 11) is 0. The third-order valence-corrected chi connectivity index (χ3v) is 3.47. The third kappa shape index (κ3) is 3.08. The maximum atomic E-state index is 13.5. The summed E-state index contributed by atoms with van der Waals surface area (Å²) in [6.07, 6.45) is 0. The van der Waals surface area contributed by atoms with E-state index in [1.807, 2.05) is 0 Å². The van der Waals surface area contributed by atoms with Gasteiger partial charge in [-0.1, -0.05) is 33.6 Å². The monoisotopic (exact) mass is 359 g/mol. The van der Waals surface area contributed by atoms with Crippen molar-refractivity contribution in [3.63, 3.8) is 0 Å². The molecule has 0 heterocycles. The first-order valence-electron chi connectivity index (χ1n) is 5.48. The Bertz CT molecular complexity index is 666. The van der Waals surface area contributed by atoms with Gasteiger partial charge in [0.05, 0.1) is 4.92 Å². The minimum absolute atomic E-state index is 0.164. The van der Waals surface area contributed by atoms with E-state index in [0.717, 1.165) is 12.1 Å². The van der Waals surface area contributed by atoms with Gasteiger partial charge in [-0.25, -0.2) is 0 Å². The first-order valence-corrected chi connectivity index (χ1v) is 6.98. The van der Waals surface area contributed by atoms with E-state index in [2.05, 4.69) is 15.9 Å². The van der Waals surface area contributed by atoms with Crippen molar-refractivity contribution in [1.82, 2.24) is 0 Å². The third-order valence-electron chi connectivity index (χ3n) is 2.55. The van der Waals surface area contributed by atoms with Crippen molar-refractivity contribution in [2.45, 2.75) is 5.33 Å². The Labute approximate surface area is 127 Å². The molecule has 2 aromatic rings. The van der Waals surface area contributed by atoms with E-state index >= 15 is 0 Å². The zero-order valence-corrected chi connectivity index (χ0v) is 12.3. The molecule has 0 aliphatic heterocycles. The summed E-state index contributed by atoms with van der Waals surface area (Å²) in [5.41, 5.74) is 0.122. The molecular formula is C13H8BrClFNO3. The number of benzene rings is 2. The van der Waals surface area contributed by atoms with Gasteiger partial charge in [0.2, 0.25) is 5.82 Å². The van der Waals surface area contributed by atoms with E-state index in [1.165, 1.54) is 6.07 Å². The topological polar surface area (TPSA) is 52.4 Å². The molecule has 0 saturated heterocycles. The van der Waals surface area contributed by atoms with Gasteiger partial charge in [-0.15, -0.1) is 0 Å². The van der Waals surface area contributed by atoms with E-state index < -0.39 is 16.4 Å². The number of rotatable bonds is 4. The normalized spacial score (nSPS) is 10.3. The Balaban J connectivity index is 2.34. The summed E-state index contributed by atoms with van der Waals surface area (Å²) in [6, 6.07) is 8.45. The van der Waals surface area contributed by atoms with Crippen molar-refractivity contribution in [3.05, 3.63) is 62.9 Å². The highest BCUT2D eigenvalue weighted by molar-refractivity contribution is 9.08. The molecule has 4 nitrogen and oxygen atoms in total. The Hall–Kier alpha value is -1.66. The van der Waals surface area contributed by atoms with Crippen LogP contribution in [0.5, 0.6) is 11.5 Å². The fourth-order valence-electron chi connectivity index (χ4n) is 1.59. The smallest absolute Gasteiger partial charge is 0.305 e. The zero-order valence-electron chi connectivity index (χ0n) is 9.98. The first kappa shape index (κ1) is 14.7. The molecule has 0 aliphatic carbocycles. The second kappa shape index (κ2) is 6.19. The molecule has 0 unspecified atom stereocenters. The van der Waals surface area contributed by atoms with Crippen molar-refractivity contribution in [3.8, 4) is 11.5 Å². The summed E-state index contributed by atoms with van der Waals surface area (Å²) < 4.78 is 19.0. The standard InChI is InChI=1S/C13H8BrClFNO3/c14-7-9-10(15)2-1-3-13(9)20-8-4-5-12(17(18)19)11(16)6-8/h1-6H,7H2. The molecular weight excluding hydrogens is 353 g/mol. The summed E-state index contributed by atoms with van der Waals surface area (Å²) in [6.45, 7) is 0. The fraction of sp³-hybridized carbons (Fsp3) is 0.0769. The van der Waals surface area contributed by atoms with Crippen LogP contribution in [0.3, 0.4) is 0 Å². The largest absolute Gasteiger partial charge is 0.457 e. The van der Waals surface area contributed by atoms with E-state index in [0.29, 0.717) is 21.7 Å². The van der Waals surface area contributed by atoms with Crippen LogP contribution in [-0.2, 0) is 5.33 Å². The second-order valence-corrected chi connectivity index (χ2v) is 4.79. The number of alkyl halides is 1. The molecule has 0 aliphatic rings. The summed E-state index contributed by atoms with van der Waals surface area (Å²) >= 11 is 9.31. The van der Waals surface area contributed by atoms with Gasteiger partial charge in [-0.2, -0.15) is 4.39 Å². The lowest BCUT2D eigenvalue weighted by Gasteiger charge is -2.10. The predicted molar refractivity (Wildman–Crippen MR) is 77.2 cm³/mol. The van der Waals surface area contributed by atoms with Crippen molar-refractivity contribution in [2.24, 2.45) is 0 Å². The summed E-state index contributed by atoms with van der Waals surface area (Å²) in [4.78, 5) is 9.75. The molecule has 20 heavy (non-hydrogen) atoms. The molecule has 0 amide bonds. The molecule has 2 aromatic carbocycles. The summed E-state index contributed by atoms with van der Waals surface area (Å²) in [5, 5.41) is 11.5. The quantitative estimate of drug-likeness (QED) is 0.434. The molecule has 0 N–H and O–H groups in total. The highest BCUT2D eigenvalue weighted by Crippen LogP contribution is 2.33. The molecule has 104 valence electrons. The van der Waals surface area contributed by atoms with Gasteiger partial charge < -0.3 is 4.74 Å². The number of hydrogen-bond acceptors (Lipinski definition) is 3. The molecule has 0 aromatic heterocycles. The lowest BCUT2D eigenvalue weighted by Crippen LogP contribution is -1.94. The Morgan fingerprint density at radius 3 is 2.70 bits per heavy atom. The lowest BCUT2D eigenvalue weighted by atomic mass is 10.2. The minimum atomic E-state index is -0.949. The molecule has 0 radical (unpaired) electrons. The zero-order chi connectivity index (χ0) is 14.7. The van der Waals surface area contributed by atoms with Gasteiger partial charge in [0.1, 0.15) is 11.5 Å². The van der Waals surface area contributed by atoms with Crippen molar-refractivity contribution in [1.29, 1.82) is 0 Å². The van der Waals surface area contributed by atoms with Crippen LogP contribution in [-0.4, -0.2) is 4.92 Å². The van der Waals surface area contributed by atoms with E-state index in [4.69, 9.17) is 16.3 Å². The molecule has 0 atom stereocenters. The van der Waals surface area contributed by atoms with Crippen LogP contribution in [0.25, 0.3) is 0 Å². The van der Waals surface area contributed by atoms with E-state index in [9.17, 15) is 14.5 Å². The van der Waals surface area contributed by atoms with Crippen LogP contribution < -0.4 is 4.74 Å². The number of hydrogen-bond donors (Lipinski definition) is 0. The van der Waals surface area contributed by atoms with Crippen molar-refractivity contribution < 1.29 is 14.1 Å². The van der Waals surface area contributed by atoms with Gasteiger partial charge in [-0.05, 0) is 18.2 Å². The van der Waals surface area contributed by atoms with Crippen LogP contribution in [0.1, 0.15) is 5.56 Å². The van der Waals surface area contributed by atoms with Crippen LogP contribution in [0.4, 0.5) is 10.1 Å². The fourth-order valence-corrected chi connectivity index (χ4v) is 2.56. The maximum Gasteiger partial charge on any atom is 0.305 e. The van der Waals surface area contributed by atoms with Crippen molar-refractivity contribution in [2.75, 3.05) is 0 Å². The molecule has 2 rings (SSSR count). The first-order chi connectivity index (χ1) is 9.52. The maximum absolute atomic E-state index is 13.5. The summed E-state index contributed by atoms with van der Waals surface area (Å²) in [5.74, 6) is -0.324. The lowest BCUT2D eigenvalue weighted by molar-refractivity contribution is -0.387. The Morgan fingerprint density at radius 1 is 1.35 bits per heavy atom. The predicted octanol–water partition coefficient (Wildman–Crippen LogP) is 5.07. The number of ether oxygens (including phenoxy) is 1. The number of halogens is 3. The average molecular weight is 361 g/mol. The van der Waals surface area contributed by atoms with Crippen molar-refractivity contribution >= 4 is 33.2 Å². The van der Waals surface area contributed by atoms with Crippen LogP contribution in [0, 0.1) is 15.9 Å². The average Bonchev–Trinajstić information content (AvgIpc) is 2.38. The Morgan fingerprint density at radius 2 is 2.10 bits per heavy atom. The van der Waals surface area contributed by atoms with Gasteiger partial charge >= 0.3 is 5.69 Å². The molecule has 0 bridgehead atoms. The van der Waals surface area contributed by atoms with E-state index in [-0.39, 0.29) is 5.75 Å². The highest BCUT2D eigenvalue weighted by Gasteiger charge is 2.15. The van der Waals surface area contributed by atoms with Gasteiger partial charge in [0, 0.05) is 28.0 Å². The van der Waals surface area contributed by atoms with Gasteiger partial charge in [0.15, 0.2) is 0 Å². The number of nitro groups is 1.